The number of nitrogens with one attached hydrogen (secondary N) is 1. The fourth-order valence-electron chi connectivity index (χ4n) is 1.88. The van der Waals surface area contributed by atoms with Gasteiger partial charge in [0, 0.05) is 30.3 Å². The van der Waals surface area contributed by atoms with Crippen LogP contribution in [0.5, 0.6) is 0 Å². The van der Waals surface area contributed by atoms with Crippen LogP contribution < -0.4 is 5.32 Å². The summed E-state index contributed by atoms with van der Waals surface area (Å²) in [5.74, 6) is 0.500. The van der Waals surface area contributed by atoms with Crippen LogP contribution in [0.25, 0.3) is 0 Å². The molecule has 1 unspecified atom stereocenters. The van der Waals surface area contributed by atoms with E-state index in [0.717, 1.165) is 29.2 Å². The zero-order chi connectivity index (χ0) is 17.4. The number of anilines is 1. The van der Waals surface area contributed by atoms with Gasteiger partial charge < -0.3 is 5.32 Å². The smallest absolute Gasteiger partial charge is 0.0724 e. The topological polar surface area (TPSA) is 40.0 Å². The highest BCUT2D eigenvalue weighted by Gasteiger charge is 2.11. The Kier molecular flexibility index (Phi) is 8.10. The Morgan fingerprint density at radius 1 is 1.35 bits per heavy atom. The summed E-state index contributed by atoms with van der Waals surface area (Å²) in [5, 5.41) is 14.7. The Bertz CT molecular complexity index is 528. The van der Waals surface area contributed by atoms with Crippen molar-refractivity contribution >= 4 is 17.3 Å². The van der Waals surface area contributed by atoms with Crippen molar-refractivity contribution in [2.24, 2.45) is 16.3 Å². The summed E-state index contributed by atoms with van der Waals surface area (Å²) < 4.78 is 0. The molecule has 0 spiro atoms. The average Bonchev–Trinajstić information content (AvgIpc) is 2.48. The average molecular weight is 337 g/mol. The van der Waals surface area contributed by atoms with E-state index in [0.29, 0.717) is 5.92 Å². The quantitative estimate of drug-likeness (QED) is 0.371. The predicted octanol–water partition coefficient (Wildman–Crippen LogP) is 5.43. The first kappa shape index (κ1) is 19.5. The molecule has 4 nitrogen and oxygen atoms in total. The van der Waals surface area contributed by atoms with Gasteiger partial charge in [-0.2, -0.15) is 5.11 Å². The first-order valence-electron chi connectivity index (χ1n) is 8.09. The Balaban J connectivity index is 2.55. The molecular weight excluding hydrogens is 308 g/mol. The lowest BCUT2D eigenvalue weighted by Gasteiger charge is -2.22. The maximum Gasteiger partial charge on any atom is 0.0724 e. The maximum absolute atomic E-state index is 6.03. The van der Waals surface area contributed by atoms with Crippen LogP contribution in [0.4, 0.5) is 5.69 Å². The SMILES string of the molecule is C=C(C)[C@H](CCN(C)N=NC(C)C(C)C)Nc1cccc(Cl)c1. The van der Waals surface area contributed by atoms with Crippen LogP contribution in [0.15, 0.2) is 46.8 Å². The molecule has 0 saturated heterocycles. The molecule has 128 valence electrons. The molecule has 0 aliphatic carbocycles. The number of rotatable bonds is 9. The molecule has 23 heavy (non-hydrogen) atoms. The maximum atomic E-state index is 6.03. The summed E-state index contributed by atoms with van der Waals surface area (Å²) in [7, 11) is 1.95. The lowest BCUT2D eigenvalue weighted by atomic mass is 10.1. The highest BCUT2D eigenvalue weighted by molar-refractivity contribution is 6.30. The molecule has 0 bridgehead atoms. The summed E-state index contributed by atoms with van der Waals surface area (Å²) >= 11 is 6.03. The highest BCUT2D eigenvalue weighted by Crippen LogP contribution is 2.18. The second-order valence-electron chi connectivity index (χ2n) is 6.41. The van der Waals surface area contributed by atoms with Gasteiger partial charge in [0.15, 0.2) is 0 Å². The lowest BCUT2D eigenvalue weighted by molar-refractivity contribution is 0.304. The van der Waals surface area contributed by atoms with Crippen LogP contribution in [-0.4, -0.2) is 30.7 Å². The Labute approximate surface area is 145 Å². The minimum absolute atomic E-state index is 0.175. The van der Waals surface area contributed by atoms with Crippen LogP contribution in [0.2, 0.25) is 5.02 Å². The molecule has 0 saturated carbocycles. The molecule has 0 heterocycles. The minimum Gasteiger partial charge on any atom is -0.378 e. The third-order valence-electron chi connectivity index (χ3n) is 3.85. The van der Waals surface area contributed by atoms with Crippen molar-refractivity contribution in [1.29, 1.82) is 0 Å². The molecule has 0 aliphatic rings. The van der Waals surface area contributed by atoms with Gasteiger partial charge in [-0.15, -0.1) is 0 Å². The van der Waals surface area contributed by atoms with Crippen molar-refractivity contribution in [1.82, 2.24) is 5.01 Å². The van der Waals surface area contributed by atoms with Gasteiger partial charge >= 0.3 is 0 Å². The van der Waals surface area contributed by atoms with Crippen molar-refractivity contribution in [3.8, 4) is 0 Å². The van der Waals surface area contributed by atoms with Crippen molar-refractivity contribution in [2.45, 2.75) is 46.2 Å². The second-order valence-corrected chi connectivity index (χ2v) is 6.85. The third-order valence-corrected chi connectivity index (χ3v) is 4.09. The number of hydrogen-bond donors (Lipinski definition) is 1. The van der Waals surface area contributed by atoms with E-state index >= 15 is 0 Å². The number of hydrogen-bond acceptors (Lipinski definition) is 3. The van der Waals surface area contributed by atoms with E-state index in [2.05, 4.69) is 43.0 Å². The molecule has 0 radical (unpaired) electrons. The summed E-state index contributed by atoms with van der Waals surface area (Å²) in [6, 6.07) is 8.15. The molecule has 0 fully saturated rings. The van der Waals surface area contributed by atoms with E-state index in [4.69, 9.17) is 11.6 Å². The third kappa shape index (κ3) is 7.51. The molecule has 0 amide bonds. The molecule has 0 aromatic heterocycles. The molecular formula is C18H29ClN4. The predicted molar refractivity (Wildman–Crippen MR) is 100 cm³/mol. The summed E-state index contributed by atoms with van der Waals surface area (Å²) in [5.41, 5.74) is 2.09. The number of nitrogens with zero attached hydrogens (tertiary/aromatic N) is 3. The Morgan fingerprint density at radius 3 is 2.61 bits per heavy atom. The van der Waals surface area contributed by atoms with Crippen molar-refractivity contribution < 1.29 is 0 Å². The van der Waals surface area contributed by atoms with Crippen molar-refractivity contribution in [3.05, 3.63) is 41.4 Å². The minimum atomic E-state index is 0.175. The molecule has 1 aromatic carbocycles. The monoisotopic (exact) mass is 336 g/mol. The number of halogens is 1. The van der Waals surface area contributed by atoms with E-state index < -0.39 is 0 Å². The van der Waals surface area contributed by atoms with E-state index in [9.17, 15) is 0 Å². The summed E-state index contributed by atoms with van der Waals surface area (Å²) in [4.78, 5) is 0. The van der Waals surface area contributed by atoms with Crippen molar-refractivity contribution in [3.63, 3.8) is 0 Å². The highest BCUT2D eigenvalue weighted by atomic mass is 35.5. The zero-order valence-electron chi connectivity index (χ0n) is 14.9. The lowest BCUT2D eigenvalue weighted by Crippen LogP contribution is -2.26. The largest absolute Gasteiger partial charge is 0.378 e. The fraction of sp³-hybridized carbons (Fsp3) is 0.556. The first-order valence-corrected chi connectivity index (χ1v) is 8.46. The van der Waals surface area contributed by atoms with E-state index in [1.807, 2.05) is 43.2 Å². The summed E-state index contributed by atoms with van der Waals surface area (Å²) in [6.07, 6.45) is 0.896. The molecule has 1 rings (SSSR count). The van der Waals surface area contributed by atoms with Crippen molar-refractivity contribution in [2.75, 3.05) is 18.9 Å². The number of benzene rings is 1. The van der Waals surface area contributed by atoms with Crippen LogP contribution in [-0.2, 0) is 0 Å². The van der Waals surface area contributed by atoms with E-state index in [-0.39, 0.29) is 12.1 Å². The standard InChI is InChI=1S/C18H29ClN4/c1-13(2)15(5)21-22-23(6)11-10-18(14(3)4)20-17-9-7-8-16(19)12-17/h7-9,12-13,15,18,20H,3,10-11H2,1-2,4-6H3/t15?,18-/m0/s1. The molecule has 1 aromatic rings. The fourth-order valence-corrected chi connectivity index (χ4v) is 2.08. The van der Waals surface area contributed by atoms with Gasteiger partial charge in [0.1, 0.15) is 0 Å². The second kappa shape index (κ2) is 9.56. The normalized spacial score (nSPS) is 14.0. The molecule has 1 N–H and O–H groups in total. The Hall–Kier alpha value is -1.55. The van der Waals surface area contributed by atoms with Crippen LogP contribution in [0.1, 0.15) is 34.1 Å². The molecule has 0 aliphatic heterocycles. The van der Waals surface area contributed by atoms with E-state index in [1.54, 1.807) is 0 Å². The van der Waals surface area contributed by atoms with Gasteiger partial charge in [-0.05, 0) is 44.4 Å². The zero-order valence-corrected chi connectivity index (χ0v) is 15.6. The van der Waals surface area contributed by atoms with Crippen LogP contribution in [0.3, 0.4) is 0 Å². The van der Waals surface area contributed by atoms with Gasteiger partial charge in [0.2, 0.25) is 0 Å². The van der Waals surface area contributed by atoms with Gasteiger partial charge in [0.05, 0.1) is 6.04 Å². The van der Waals surface area contributed by atoms with Gasteiger partial charge in [0.25, 0.3) is 0 Å². The molecule has 2 atom stereocenters. The Morgan fingerprint density at radius 2 is 2.04 bits per heavy atom. The van der Waals surface area contributed by atoms with Gasteiger partial charge in [-0.25, -0.2) is 0 Å². The summed E-state index contributed by atoms with van der Waals surface area (Å²) in [6.45, 7) is 13.3. The molecule has 5 heteroatoms. The first-order chi connectivity index (χ1) is 10.8. The van der Waals surface area contributed by atoms with Gasteiger partial charge in [-0.3, -0.25) is 5.01 Å². The van der Waals surface area contributed by atoms with E-state index in [1.165, 1.54) is 0 Å². The van der Waals surface area contributed by atoms with Crippen LogP contribution in [0, 0.1) is 5.92 Å². The van der Waals surface area contributed by atoms with Gasteiger partial charge in [-0.1, -0.05) is 48.9 Å². The van der Waals surface area contributed by atoms with Crippen LogP contribution >= 0.6 is 11.6 Å².